The van der Waals surface area contributed by atoms with E-state index in [4.69, 9.17) is 9.94 Å². The molecular formula is C17H17N3O3. The van der Waals surface area contributed by atoms with Crippen LogP contribution in [0.2, 0.25) is 0 Å². The van der Waals surface area contributed by atoms with Crippen molar-refractivity contribution in [3.8, 4) is 0 Å². The van der Waals surface area contributed by atoms with E-state index in [1.165, 1.54) is 7.11 Å². The summed E-state index contributed by atoms with van der Waals surface area (Å²) in [5.41, 5.74) is 6.37. The highest BCUT2D eigenvalue weighted by atomic mass is 16.5. The number of carbonyl (C=O) groups excluding carboxylic acids is 1. The Labute approximate surface area is 133 Å². The number of methoxy groups -OCH3 is 1. The Balaban J connectivity index is 2.27. The van der Waals surface area contributed by atoms with Crippen molar-refractivity contribution in [3.05, 3.63) is 60.1 Å². The zero-order chi connectivity index (χ0) is 16.6. The van der Waals surface area contributed by atoms with Crippen molar-refractivity contribution in [2.45, 2.75) is 6.42 Å². The summed E-state index contributed by atoms with van der Waals surface area (Å²) in [5, 5.41) is 12.7. The number of carbonyl (C=O) groups is 1. The second-order valence-corrected chi connectivity index (χ2v) is 5.28. The fraction of sp³-hybridized carbons (Fsp3) is 0.118. The van der Waals surface area contributed by atoms with Crippen LogP contribution < -0.4 is 10.8 Å². The molecule has 2 heterocycles. The number of benzene rings is 1. The van der Waals surface area contributed by atoms with Gasteiger partial charge < -0.3 is 15.0 Å². The van der Waals surface area contributed by atoms with Gasteiger partial charge in [-0.25, -0.2) is 0 Å². The number of hydrogen-bond acceptors (Lipinski definition) is 4. The lowest BCUT2D eigenvalue weighted by atomic mass is 10.0. The summed E-state index contributed by atoms with van der Waals surface area (Å²) >= 11 is 0. The fourth-order valence-corrected chi connectivity index (χ4v) is 2.70. The van der Waals surface area contributed by atoms with E-state index in [0.29, 0.717) is 22.7 Å². The topological polar surface area (TPSA) is 86.4 Å². The number of rotatable bonds is 3. The first kappa shape index (κ1) is 14.9. The van der Waals surface area contributed by atoms with E-state index in [9.17, 15) is 4.79 Å². The number of aromatic amines is 1. The molecule has 1 aromatic heterocycles. The lowest BCUT2D eigenvalue weighted by molar-refractivity contribution is -0.119. The quantitative estimate of drug-likeness (QED) is 0.518. The number of ether oxygens (including phenoxy) is 1. The molecule has 118 valence electrons. The highest BCUT2D eigenvalue weighted by Gasteiger charge is 2.24. The van der Waals surface area contributed by atoms with Crippen molar-refractivity contribution in [3.63, 3.8) is 0 Å². The molecular weight excluding hydrogens is 294 g/mol. The van der Waals surface area contributed by atoms with Crippen LogP contribution >= 0.6 is 0 Å². The average Bonchev–Trinajstić information content (AvgIpc) is 2.83. The first-order chi connectivity index (χ1) is 11.0. The van der Waals surface area contributed by atoms with Crippen LogP contribution in [-0.4, -0.2) is 23.2 Å². The highest BCUT2D eigenvalue weighted by molar-refractivity contribution is 6.00. The maximum atomic E-state index is 12.1. The molecule has 0 unspecified atom stereocenters. The van der Waals surface area contributed by atoms with Gasteiger partial charge in [0.15, 0.2) is 0 Å². The van der Waals surface area contributed by atoms with Crippen molar-refractivity contribution in [2.75, 3.05) is 12.6 Å². The maximum Gasteiger partial charge on any atom is 0.228 e. The SMILES string of the molecule is C=C(/C=C1\C(=C)NC(=O)Cc2c1[nH]c1ccc(NO)cc21)OC. The fourth-order valence-electron chi connectivity index (χ4n) is 2.70. The van der Waals surface area contributed by atoms with E-state index in [0.717, 1.165) is 22.2 Å². The van der Waals surface area contributed by atoms with Crippen molar-refractivity contribution in [1.82, 2.24) is 10.3 Å². The van der Waals surface area contributed by atoms with E-state index < -0.39 is 0 Å². The van der Waals surface area contributed by atoms with Crippen LogP contribution in [0.1, 0.15) is 11.3 Å². The van der Waals surface area contributed by atoms with Crippen molar-refractivity contribution in [2.24, 2.45) is 0 Å². The summed E-state index contributed by atoms with van der Waals surface area (Å²) in [6.45, 7) is 7.72. The van der Waals surface area contributed by atoms with Gasteiger partial charge >= 0.3 is 0 Å². The molecule has 0 bridgehead atoms. The Bertz CT molecular complexity index is 861. The molecule has 0 saturated carbocycles. The number of H-pyrrole nitrogens is 1. The molecule has 0 saturated heterocycles. The molecule has 0 atom stereocenters. The lowest BCUT2D eigenvalue weighted by Gasteiger charge is -2.09. The van der Waals surface area contributed by atoms with Crippen molar-refractivity contribution >= 4 is 28.1 Å². The monoisotopic (exact) mass is 311 g/mol. The van der Waals surface area contributed by atoms with Crippen LogP contribution in [0.25, 0.3) is 16.5 Å². The second-order valence-electron chi connectivity index (χ2n) is 5.28. The van der Waals surface area contributed by atoms with Crippen LogP contribution in [0.15, 0.2) is 48.9 Å². The minimum absolute atomic E-state index is 0.147. The number of hydrogen-bond donors (Lipinski definition) is 4. The standard InChI is InChI=1S/C17H17N3O3/c1-9(23-3)6-12-10(2)18-16(21)8-14-13-7-11(20-22)4-5-15(13)19-17(12)14/h4-7,19-20,22H,1-2,8H2,3H3,(H,18,21)/b12-6+. The second kappa shape index (κ2) is 5.66. The number of aromatic nitrogens is 1. The number of fused-ring (bicyclic) bond motifs is 3. The largest absolute Gasteiger partial charge is 0.497 e. The Kier molecular flexibility index (Phi) is 3.67. The number of allylic oxidation sites excluding steroid dienone is 2. The van der Waals surface area contributed by atoms with Gasteiger partial charge in [-0.2, -0.15) is 0 Å². The van der Waals surface area contributed by atoms with E-state index in [-0.39, 0.29) is 12.3 Å². The summed E-state index contributed by atoms with van der Waals surface area (Å²) in [6.07, 6.45) is 1.94. The molecule has 0 radical (unpaired) electrons. The molecule has 0 aliphatic carbocycles. The van der Waals surface area contributed by atoms with Crippen molar-refractivity contribution in [1.29, 1.82) is 0 Å². The van der Waals surface area contributed by atoms with E-state index >= 15 is 0 Å². The normalized spacial score (nSPS) is 16.0. The van der Waals surface area contributed by atoms with Gasteiger partial charge in [-0.3, -0.25) is 15.5 Å². The molecule has 0 spiro atoms. The zero-order valence-electron chi connectivity index (χ0n) is 12.7. The van der Waals surface area contributed by atoms with Crippen LogP contribution in [0, 0.1) is 0 Å². The summed E-state index contributed by atoms with van der Waals surface area (Å²) in [4.78, 5) is 15.4. The molecule has 23 heavy (non-hydrogen) atoms. The van der Waals surface area contributed by atoms with Crippen LogP contribution in [0.3, 0.4) is 0 Å². The molecule has 3 rings (SSSR count). The summed E-state index contributed by atoms with van der Waals surface area (Å²) in [5.74, 6) is 0.311. The maximum absolute atomic E-state index is 12.1. The van der Waals surface area contributed by atoms with E-state index in [1.807, 2.05) is 6.07 Å². The van der Waals surface area contributed by atoms with E-state index in [1.54, 1.807) is 18.2 Å². The molecule has 1 amide bonds. The number of amides is 1. The Morgan fingerprint density at radius 2 is 2.26 bits per heavy atom. The zero-order valence-corrected chi connectivity index (χ0v) is 12.7. The first-order valence-corrected chi connectivity index (χ1v) is 7.02. The van der Waals surface area contributed by atoms with Gasteiger partial charge in [0.2, 0.25) is 5.91 Å². The highest BCUT2D eigenvalue weighted by Crippen LogP contribution is 2.34. The Morgan fingerprint density at radius 3 is 2.96 bits per heavy atom. The third kappa shape index (κ3) is 2.60. The molecule has 6 nitrogen and oxygen atoms in total. The van der Waals surface area contributed by atoms with Gasteiger partial charge in [-0.1, -0.05) is 13.2 Å². The van der Waals surface area contributed by atoms with Gasteiger partial charge in [0.25, 0.3) is 0 Å². The van der Waals surface area contributed by atoms with Crippen LogP contribution in [-0.2, 0) is 16.0 Å². The first-order valence-electron chi connectivity index (χ1n) is 7.02. The average molecular weight is 311 g/mol. The predicted octanol–water partition coefficient (Wildman–Crippen LogP) is 2.70. The summed E-state index contributed by atoms with van der Waals surface area (Å²) in [6, 6.07) is 5.37. The number of nitrogens with one attached hydrogen (secondary N) is 3. The van der Waals surface area contributed by atoms with Gasteiger partial charge in [-0.05, 0) is 29.8 Å². The minimum atomic E-state index is -0.147. The summed E-state index contributed by atoms with van der Waals surface area (Å²) in [7, 11) is 1.53. The summed E-state index contributed by atoms with van der Waals surface area (Å²) < 4.78 is 5.11. The lowest BCUT2D eigenvalue weighted by Crippen LogP contribution is -2.21. The molecule has 0 fully saturated rings. The van der Waals surface area contributed by atoms with E-state index in [2.05, 4.69) is 28.9 Å². The third-order valence-corrected chi connectivity index (χ3v) is 3.82. The molecule has 1 aliphatic rings. The Hall–Kier alpha value is -2.99. The molecule has 2 aromatic rings. The van der Waals surface area contributed by atoms with Gasteiger partial charge in [0.1, 0.15) is 5.76 Å². The smallest absolute Gasteiger partial charge is 0.228 e. The van der Waals surface area contributed by atoms with Gasteiger partial charge in [-0.15, -0.1) is 0 Å². The molecule has 6 heteroatoms. The van der Waals surface area contributed by atoms with Crippen LogP contribution in [0.4, 0.5) is 5.69 Å². The predicted molar refractivity (Wildman–Crippen MR) is 88.8 cm³/mol. The minimum Gasteiger partial charge on any atom is -0.497 e. The Morgan fingerprint density at radius 1 is 1.48 bits per heavy atom. The van der Waals surface area contributed by atoms with Gasteiger partial charge in [0.05, 0.1) is 24.9 Å². The molecule has 1 aliphatic heterocycles. The third-order valence-electron chi connectivity index (χ3n) is 3.82. The number of anilines is 1. The van der Waals surface area contributed by atoms with Gasteiger partial charge in [0, 0.05) is 22.2 Å². The molecule has 1 aromatic carbocycles. The van der Waals surface area contributed by atoms with Crippen molar-refractivity contribution < 1.29 is 14.7 Å². The molecule has 4 N–H and O–H groups in total. The van der Waals surface area contributed by atoms with Crippen LogP contribution in [0.5, 0.6) is 0 Å².